The molecule has 0 aliphatic carbocycles. The van der Waals surface area contributed by atoms with Crippen LogP contribution in [0.3, 0.4) is 0 Å². The lowest BCUT2D eigenvalue weighted by Crippen LogP contribution is -2.62. The minimum atomic E-state index is -0.641. The Morgan fingerprint density at radius 3 is 1.88 bits per heavy atom. The van der Waals surface area contributed by atoms with Crippen LogP contribution in [-0.2, 0) is 9.59 Å². The fraction of sp³-hybridized carbons (Fsp3) is 0.923. The second-order valence-electron chi connectivity index (χ2n) is 9.74. The van der Waals surface area contributed by atoms with E-state index in [9.17, 15) is 9.59 Å². The summed E-state index contributed by atoms with van der Waals surface area (Å²) in [6, 6.07) is -0.859. The fourth-order valence-electron chi connectivity index (χ4n) is 4.36. The van der Waals surface area contributed by atoms with E-state index in [0.29, 0.717) is 38.8 Å². The van der Waals surface area contributed by atoms with Crippen LogP contribution in [0.25, 0.3) is 0 Å². The van der Waals surface area contributed by atoms with E-state index in [2.05, 4.69) is 47.4 Å². The Morgan fingerprint density at radius 2 is 1.38 bits per heavy atom. The number of nitrogens with one attached hydrogen (secondary N) is 5. The Balaban J connectivity index is 5.77. The molecule has 0 aromatic rings. The highest BCUT2D eigenvalue weighted by Gasteiger charge is 2.40. The standard InChI is InChI=1S/C26H56N6O2/c1-8-25(5,9-2)32-22(15-12-13-17-27)24(34)31-21(16-14-18-28-6)23(33)26(10-3,11-4)30-20-19-29-7/h21-22,28-30,32H,8-20,27H2,1-7H3,(H,31,34). The van der Waals surface area contributed by atoms with E-state index in [0.717, 1.165) is 45.2 Å². The van der Waals surface area contributed by atoms with Crippen molar-refractivity contribution in [1.29, 1.82) is 0 Å². The Hall–Kier alpha value is -1.06. The quantitative estimate of drug-likeness (QED) is 0.130. The number of carbonyl (C=O) groups excluding carboxylic acids is 2. The summed E-state index contributed by atoms with van der Waals surface area (Å²) >= 11 is 0. The first-order valence-corrected chi connectivity index (χ1v) is 13.6. The van der Waals surface area contributed by atoms with Crippen LogP contribution in [0.5, 0.6) is 0 Å². The zero-order valence-electron chi connectivity index (χ0n) is 23.2. The average molecular weight is 485 g/mol. The molecule has 0 bridgehead atoms. The first-order valence-electron chi connectivity index (χ1n) is 13.6. The zero-order valence-corrected chi connectivity index (χ0v) is 23.2. The summed E-state index contributed by atoms with van der Waals surface area (Å²) in [6.07, 6.45) is 7.15. The van der Waals surface area contributed by atoms with Crippen LogP contribution in [0, 0.1) is 0 Å². The molecule has 34 heavy (non-hydrogen) atoms. The molecule has 2 atom stereocenters. The number of rotatable bonds is 22. The van der Waals surface area contributed by atoms with Gasteiger partial charge in [0.2, 0.25) is 5.91 Å². The van der Waals surface area contributed by atoms with Crippen molar-refractivity contribution in [2.75, 3.05) is 40.3 Å². The first-order chi connectivity index (χ1) is 16.2. The summed E-state index contributed by atoms with van der Waals surface area (Å²) in [7, 11) is 3.81. The smallest absolute Gasteiger partial charge is 0.237 e. The Labute approximate surface area is 209 Å². The van der Waals surface area contributed by atoms with Gasteiger partial charge in [-0.3, -0.25) is 9.59 Å². The van der Waals surface area contributed by atoms with E-state index in [1.165, 1.54) is 0 Å². The molecule has 202 valence electrons. The van der Waals surface area contributed by atoms with E-state index in [-0.39, 0.29) is 23.3 Å². The minimum Gasteiger partial charge on any atom is -0.345 e. The largest absolute Gasteiger partial charge is 0.345 e. The SMILES string of the molecule is CCC(C)(CC)NC(CCCCN)C(=O)NC(CCCNC)C(=O)C(CC)(CC)NCCNC. The molecule has 1 amide bonds. The molecule has 8 nitrogen and oxygen atoms in total. The number of carbonyl (C=O) groups is 2. The molecule has 0 saturated heterocycles. The average Bonchev–Trinajstić information content (AvgIpc) is 2.85. The van der Waals surface area contributed by atoms with Gasteiger partial charge in [-0.05, 0) is 85.5 Å². The van der Waals surface area contributed by atoms with Gasteiger partial charge in [0, 0.05) is 18.6 Å². The lowest BCUT2D eigenvalue weighted by Gasteiger charge is -2.37. The third-order valence-electron chi connectivity index (χ3n) is 7.42. The number of ketones is 1. The molecule has 0 radical (unpaired) electrons. The van der Waals surface area contributed by atoms with Gasteiger partial charge in [0.15, 0.2) is 5.78 Å². The predicted octanol–water partition coefficient (Wildman–Crippen LogP) is 2.07. The number of hydrogen-bond donors (Lipinski definition) is 6. The van der Waals surface area contributed by atoms with E-state index >= 15 is 0 Å². The van der Waals surface area contributed by atoms with Crippen LogP contribution in [0.4, 0.5) is 0 Å². The second kappa shape index (κ2) is 18.2. The van der Waals surface area contributed by atoms with Crippen LogP contribution in [0.2, 0.25) is 0 Å². The molecule has 0 fully saturated rings. The molecule has 0 saturated carbocycles. The number of likely N-dealkylation sites (N-methyl/N-ethyl adjacent to an activating group) is 1. The Bertz CT molecular complexity index is 549. The third-order valence-corrected chi connectivity index (χ3v) is 7.42. The molecule has 7 N–H and O–H groups in total. The van der Waals surface area contributed by atoms with E-state index in [1.807, 2.05) is 27.9 Å². The number of amides is 1. The molecular weight excluding hydrogens is 428 g/mol. The highest BCUT2D eigenvalue weighted by atomic mass is 16.2. The number of Topliss-reactive ketones (excluding diaryl/α,β-unsaturated/α-hetero) is 1. The molecule has 0 aromatic heterocycles. The van der Waals surface area contributed by atoms with Crippen LogP contribution in [0.1, 0.15) is 92.4 Å². The van der Waals surface area contributed by atoms with E-state index < -0.39 is 11.6 Å². The molecule has 0 rings (SSSR count). The van der Waals surface area contributed by atoms with Crippen LogP contribution in [-0.4, -0.2) is 75.1 Å². The van der Waals surface area contributed by atoms with Gasteiger partial charge in [-0.1, -0.05) is 34.1 Å². The van der Waals surface area contributed by atoms with Gasteiger partial charge >= 0.3 is 0 Å². The van der Waals surface area contributed by atoms with Gasteiger partial charge < -0.3 is 32.3 Å². The summed E-state index contributed by atoms with van der Waals surface area (Å²) in [4.78, 5) is 27.4. The molecule has 8 heteroatoms. The zero-order chi connectivity index (χ0) is 26.0. The lowest BCUT2D eigenvalue weighted by atomic mass is 9.82. The minimum absolute atomic E-state index is 0.0794. The van der Waals surface area contributed by atoms with Gasteiger partial charge in [-0.2, -0.15) is 0 Å². The molecule has 0 spiro atoms. The van der Waals surface area contributed by atoms with E-state index in [1.54, 1.807) is 0 Å². The molecule has 2 unspecified atom stereocenters. The Kier molecular flexibility index (Phi) is 17.7. The van der Waals surface area contributed by atoms with Crippen molar-refractivity contribution in [3.63, 3.8) is 0 Å². The maximum Gasteiger partial charge on any atom is 0.237 e. The topological polar surface area (TPSA) is 120 Å². The van der Waals surface area contributed by atoms with Gasteiger partial charge in [-0.25, -0.2) is 0 Å². The predicted molar refractivity (Wildman–Crippen MR) is 144 cm³/mol. The summed E-state index contributed by atoms with van der Waals surface area (Å²) in [5.41, 5.74) is 4.94. The maximum absolute atomic E-state index is 13.9. The number of nitrogens with two attached hydrogens (primary N) is 1. The summed E-state index contributed by atoms with van der Waals surface area (Å²) in [5, 5.41) is 16.6. The van der Waals surface area contributed by atoms with Crippen molar-refractivity contribution < 1.29 is 9.59 Å². The van der Waals surface area contributed by atoms with Gasteiger partial charge in [0.1, 0.15) is 0 Å². The summed E-state index contributed by atoms with van der Waals surface area (Å²) < 4.78 is 0. The highest BCUT2D eigenvalue weighted by molar-refractivity contribution is 5.96. The second-order valence-corrected chi connectivity index (χ2v) is 9.74. The fourth-order valence-corrected chi connectivity index (χ4v) is 4.36. The first kappa shape index (κ1) is 32.9. The Morgan fingerprint density at radius 1 is 0.794 bits per heavy atom. The van der Waals surface area contributed by atoms with Crippen molar-refractivity contribution in [3.8, 4) is 0 Å². The molecule has 0 heterocycles. The molecule has 0 aliphatic heterocycles. The van der Waals surface area contributed by atoms with Gasteiger partial charge in [0.05, 0.1) is 17.6 Å². The van der Waals surface area contributed by atoms with Crippen LogP contribution >= 0.6 is 0 Å². The summed E-state index contributed by atoms with van der Waals surface area (Å²) in [6.45, 7) is 13.5. The molecule has 0 aliphatic rings. The highest BCUT2D eigenvalue weighted by Crippen LogP contribution is 2.21. The van der Waals surface area contributed by atoms with Crippen molar-refractivity contribution in [1.82, 2.24) is 26.6 Å². The molecular formula is C26H56N6O2. The molecule has 0 aromatic carbocycles. The van der Waals surface area contributed by atoms with Crippen LogP contribution in [0.15, 0.2) is 0 Å². The van der Waals surface area contributed by atoms with Crippen molar-refractivity contribution >= 4 is 11.7 Å². The maximum atomic E-state index is 13.9. The number of unbranched alkanes of at least 4 members (excludes halogenated alkanes) is 1. The lowest BCUT2D eigenvalue weighted by molar-refractivity contribution is -0.133. The van der Waals surface area contributed by atoms with Crippen molar-refractivity contribution in [2.24, 2.45) is 5.73 Å². The van der Waals surface area contributed by atoms with Crippen LogP contribution < -0.4 is 32.3 Å². The number of hydrogen-bond acceptors (Lipinski definition) is 7. The van der Waals surface area contributed by atoms with Crippen molar-refractivity contribution in [3.05, 3.63) is 0 Å². The van der Waals surface area contributed by atoms with Gasteiger partial charge in [-0.15, -0.1) is 0 Å². The van der Waals surface area contributed by atoms with Gasteiger partial charge in [0.25, 0.3) is 0 Å². The summed E-state index contributed by atoms with van der Waals surface area (Å²) in [5.74, 6) is 0.0109. The third kappa shape index (κ3) is 11.1. The normalized spacial score (nSPS) is 14.1. The monoisotopic (exact) mass is 484 g/mol. The van der Waals surface area contributed by atoms with E-state index in [4.69, 9.17) is 5.73 Å². The van der Waals surface area contributed by atoms with Crippen molar-refractivity contribution in [2.45, 2.75) is 116 Å².